The molecule has 0 aliphatic carbocycles. The SMILES string of the molecule is O=P(O)(Oc1ccc(CSc2cccnc2)cc1Br)C(F)F. The van der Waals surface area contributed by atoms with Crippen LogP contribution in [0.5, 0.6) is 5.75 Å². The van der Waals surface area contributed by atoms with Crippen molar-refractivity contribution >= 4 is 35.3 Å². The van der Waals surface area contributed by atoms with Crippen LogP contribution in [0.2, 0.25) is 0 Å². The lowest BCUT2D eigenvalue weighted by Crippen LogP contribution is -2.01. The Morgan fingerprint density at radius 1 is 1.41 bits per heavy atom. The predicted octanol–water partition coefficient (Wildman–Crippen LogP) is 4.92. The molecule has 0 bridgehead atoms. The Kier molecular flexibility index (Phi) is 5.97. The van der Waals surface area contributed by atoms with Crippen molar-refractivity contribution < 1.29 is 22.8 Å². The highest BCUT2D eigenvalue weighted by molar-refractivity contribution is 9.10. The number of benzene rings is 1. The molecule has 2 aromatic rings. The molecule has 118 valence electrons. The summed E-state index contributed by atoms with van der Waals surface area (Å²) in [6.45, 7) is 0. The number of pyridine rings is 1. The van der Waals surface area contributed by atoms with Gasteiger partial charge in [-0.25, -0.2) is 4.57 Å². The zero-order valence-electron chi connectivity index (χ0n) is 11.0. The smallest absolute Gasteiger partial charge is 0.420 e. The van der Waals surface area contributed by atoms with Gasteiger partial charge in [0.05, 0.1) is 4.47 Å². The van der Waals surface area contributed by atoms with E-state index in [1.807, 2.05) is 12.1 Å². The third-order valence-corrected chi connectivity index (χ3v) is 5.14. The zero-order valence-corrected chi connectivity index (χ0v) is 14.3. The monoisotopic (exact) mass is 409 g/mol. The molecule has 1 aromatic heterocycles. The second-order valence-corrected chi connectivity index (χ2v) is 7.78. The number of hydrogen-bond acceptors (Lipinski definition) is 4. The maximum Gasteiger partial charge on any atom is 0.442 e. The highest BCUT2D eigenvalue weighted by Crippen LogP contribution is 2.50. The summed E-state index contributed by atoms with van der Waals surface area (Å²) >= 11 is 4.71. The summed E-state index contributed by atoms with van der Waals surface area (Å²) < 4.78 is 40.7. The number of hydrogen-bond donors (Lipinski definition) is 1. The molecule has 0 fully saturated rings. The molecule has 0 saturated carbocycles. The first kappa shape index (κ1) is 17.4. The van der Waals surface area contributed by atoms with Gasteiger partial charge in [0.2, 0.25) is 0 Å². The fourth-order valence-electron chi connectivity index (χ4n) is 1.49. The van der Waals surface area contributed by atoms with Crippen LogP contribution in [-0.2, 0) is 10.3 Å². The van der Waals surface area contributed by atoms with Crippen molar-refractivity contribution in [2.24, 2.45) is 0 Å². The van der Waals surface area contributed by atoms with E-state index in [-0.39, 0.29) is 5.75 Å². The molecule has 0 radical (unpaired) electrons. The highest BCUT2D eigenvalue weighted by atomic mass is 79.9. The fraction of sp³-hybridized carbons (Fsp3) is 0.154. The van der Waals surface area contributed by atoms with Crippen LogP contribution < -0.4 is 4.52 Å². The summed E-state index contributed by atoms with van der Waals surface area (Å²) in [5.41, 5.74) is 0.901. The standard InChI is InChI=1S/C13H11BrF2NO3PS/c14-11-6-9(8-22-10-2-1-5-17-7-10)3-4-12(11)20-21(18,19)13(15)16/h1-7,13H,8H2,(H,18,19). The van der Waals surface area contributed by atoms with E-state index in [1.165, 1.54) is 6.07 Å². The Labute approximate surface area is 138 Å². The number of halogens is 3. The Morgan fingerprint density at radius 3 is 2.77 bits per heavy atom. The number of alkyl halides is 2. The molecule has 1 atom stereocenters. The lowest BCUT2D eigenvalue weighted by atomic mass is 10.2. The van der Waals surface area contributed by atoms with Gasteiger partial charge in [-0.15, -0.1) is 11.8 Å². The van der Waals surface area contributed by atoms with E-state index >= 15 is 0 Å². The molecule has 22 heavy (non-hydrogen) atoms. The highest BCUT2D eigenvalue weighted by Gasteiger charge is 2.34. The first-order valence-electron chi connectivity index (χ1n) is 6.00. The molecule has 2 rings (SSSR count). The topological polar surface area (TPSA) is 59.4 Å². The molecule has 0 spiro atoms. The average molecular weight is 410 g/mol. The van der Waals surface area contributed by atoms with Gasteiger partial charge in [-0.1, -0.05) is 6.07 Å². The van der Waals surface area contributed by atoms with E-state index in [1.54, 1.807) is 36.3 Å². The van der Waals surface area contributed by atoms with Crippen LogP contribution in [0.3, 0.4) is 0 Å². The Morgan fingerprint density at radius 2 is 2.18 bits per heavy atom. The summed E-state index contributed by atoms with van der Waals surface area (Å²) in [5, 5.41) is 0. The molecule has 9 heteroatoms. The number of rotatable bonds is 6. The van der Waals surface area contributed by atoms with E-state index in [0.29, 0.717) is 10.2 Å². The Balaban J connectivity index is 2.05. The van der Waals surface area contributed by atoms with Crippen molar-refractivity contribution in [3.05, 3.63) is 52.8 Å². The molecule has 0 aliphatic rings. The molecule has 1 unspecified atom stereocenters. The van der Waals surface area contributed by atoms with Crippen molar-refractivity contribution in [1.29, 1.82) is 0 Å². The van der Waals surface area contributed by atoms with E-state index in [4.69, 9.17) is 4.89 Å². The minimum atomic E-state index is -4.97. The van der Waals surface area contributed by atoms with Gasteiger partial charge in [0.15, 0.2) is 0 Å². The molecule has 1 N–H and O–H groups in total. The molecule has 0 amide bonds. The Hall–Kier alpha value is -0.950. The predicted molar refractivity (Wildman–Crippen MR) is 84.4 cm³/mol. The molecule has 1 aromatic carbocycles. The largest absolute Gasteiger partial charge is 0.442 e. The summed E-state index contributed by atoms with van der Waals surface area (Å²) in [4.78, 5) is 14.0. The lowest BCUT2D eigenvalue weighted by Gasteiger charge is -2.14. The fourth-order valence-corrected chi connectivity index (χ4v) is 3.46. The van der Waals surface area contributed by atoms with Gasteiger partial charge in [-0.3, -0.25) is 4.98 Å². The van der Waals surface area contributed by atoms with Crippen LogP contribution in [0.25, 0.3) is 0 Å². The van der Waals surface area contributed by atoms with Crippen molar-refractivity contribution in [3.63, 3.8) is 0 Å². The third-order valence-electron chi connectivity index (χ3n) is 2.51. The van der Waals surface area contributed by atoms with Gasteiger partial charge in [-0.05, 0) is 45.8 Å². The van der Waals surface area contributed by atoms with Crippen LogP contribution in [0, 0.1) is 0 Å². The maximum atomic E-state index is 12.4. The molecule has 0 aliphatic heterocycles. The van der Waals surface area contributed by atoms with Gasteiger partial charge >= 0.3 is 13.8 Å². The summed E-state index contributed by atoms with van der Waals surface area (Å²) in [7, 11) is -4.97. The quantitative estimate of drug-likeness (QED) is 0.541. The van der Waals surface area contributed by atoms with E-state index in [9.17, 15) is 13.3 Å². The molecule has 4 nitrogen and oxygen atoms in total. The second kappa shape index (κ2) is 7.55. The first-order valence-corrected chi connectivity index (χ1v) is 9.42. The van der Waals surface area contributed by atoms with E-state index in [0.717, 1.165) is 10.5 Å². The summed E-state index contributed by atoms with van der Waals surface area (Å²) in [6.07, 6.45) is -0.0228. The minimum Gasteiger partial charge on any atom is -0.420 e. The lowest BCUT2D eigenvalue weighted by molar-refractivity contribution is 0.188. The van der Waals surface area contributed by atoms with Gasteiger partial charge in [-0.2, -0.15) is 8.78 Å². The van der Waals surface area contributed by atoms with Crippen molar-refractivity contribution in [2.75, 3.05) is 0 Å². The van der Waals surface area contributed by atoms with Gasteiger partial charge in [0.1, 0.15) is 5.75 Å². The molecule has 1 heterocycles. The normalized spacial score (nSPS) is 13.9. The first-order chi connectivity index (χ1) is 10.4. The maximum absolute atomic E-state index is 12.4. The van der Waals surface area contributed by atoms with Gasteiger partial charge < -0.3 is 9.42 Å². The number of thioether (sulfide) groups is 1. The molecule has 0 saturated heterocycles. The van der Waals surface area contributed by atoms with Crippen LogP contribution in [0.15, 0.2) is 52.1 Å². The molecular formula is C13H11BrF2NO3PS. The minimum absolute atomic E-state index is 0.0961. The van der Waals surface area contributed by atoms with Crippen molar-refractivity contribution in [2.45, 2.75) is 16.8 Å². The Bertz CT molecular complexity index is 690. The van der Waals surface area contributed by atoms with E-state index in [2.05, 4.69) is 25.4 Å². The zero-order chi connectivity index (χ0) is 16.2. The summed E-state index contributed by atoms with van der Waals surface area (Å²) in [6, 6.07) is 8.45. The number of nitrogens with zero attached hydrogens (tertiary/aromatic N) is 1. The molecular weight excluding hydrogens is 399 g/mol. The summed E-state index contributed by atoms with van der Waals surface area (Å²) in [5.74, 6) is 0.539. The average Bonchev–Trinajstić information content (AvgIpc) is 2.48. The van der Waals surface area contributed by atoms with Crippen LogP contribution in [0.4, 0.5) is 8.78 Å². The van der Waals surface area contributed by atoms with Gasteiger partial charge in [0.25, 0.3) is 0 Å². The van der Waals surface area contributed by atoms with Gasteiger partial charge in [0, 0.05) is 23.0 Å². The van der Waals surface area contributed by atoms with Crippen molar-refractivity contribution in [1.82, 2.24) is 4.98 Å². The van der Waals surface area contributed by atoms with Crippen LogP contribution >= 0.6 is 35.3 Å². The van der Waals surface area contributed by atoms with Crippen LogP contribution in [0.1, 0.15) is 5.56 Å². The third kappa shape index (κ3) is 4.78. The van der Waals surface area contributed by atoms with Crippen molar-refractivity contribution in [3.8, 4) is 5.75 Å². The van der Waals surface area contributed by atoms with E-state index < -0.39 is 13.8 Å². The van der Waals surface area contributed by atoms with Crippen LogP contribution in [-0.4, -0.2) is 16.0 Å². The second-order valence-electron chi connectivity index (χ2n) is 4.18. The number of aromatic nitrogens is 1.